The van der Waals surface area contributed by atoms with Crippen LogP contribution in [-0.2, 0) is 16.1 Å². The second-order valence-corrected chi connectivity index (χ2v) is 9.62. The van der Waals surface area contributed by atoms with Crippen molar-refractivity contribution in [3.05, 3.63) is 47.3 Å². The lowest BCUT2D eigenvalue weighted by Crippen LogP contribution is -2.40. The number of nitrogens with zero attached hydrogens (tertiary/aromatic N) is 3. The normalized spacial score (nSPS) is 15.7. The number of carbonyl (C=O) groups excluding carboxylic acids is 2. The Morgan fingerprint density at radius 2 is 2.16 bits per heavy atom. The van der Waals surface area contributed by atoms with Gasteiger partial charge in [0.15, 0.2) is 5.17 Å². The van der Waals surface area contributed by atoms with Crippen molar-refractivity contribution in [3.63, 3.8) is 0 Å². The monoisotopic (exact) mass is 541 g/mol. The highest BCUT2D eigenvalue weighted by atomic mass is 32.2. The molecule has 0 radical (unpaired) electrons. The molecule has 1 aromatic heterocycles. The minimum atomic E-state index is -2.85. The lowest BCUT2D eigenvalue weighted by atomic mass is 9.96. The third kappa shape index (κ3) is 6.93. The molecule has 1 aliphatic heterocycles. The molecule has 2 aliphatic rings. The summed E-state index contributed by atoms with van der Waals surface area (Å²) in [6.07, 6.45) is 0.339. The molecular weight excluding hydrogens is 516 g/mol. The van der Waals surface area contributed by atoms with E-state index < -0.39 is 18.0 Å². The Kier molecular flexibility index (Phi) is 8.70. The number of aliphatic imine (C=N–C) groups is 1. The molecule has 12 heteroatoms. The molecule has 1 aliphatic carbocycles. The summed E-state index contributed by atoms with van der Waals surface area (Å²) in [6.45, 7) is 1.01. The Labute approximate surface area is 222 Å². The number of aromatic nitrogens is 1. The number of halogens is 2. The summed E-state index contributed by atoms with van der Waals surface area (Å²) >= 11 is 0.761. The van der Waals surface area contributed by atoms with Crippen molar-refractivity contribution in [2.24, 2.45) is 16.6 Å². The van der Waals surface area contributed by atoms with Gasteiger partial charge in [-0.15, -0.1) is 0 Å². The van der Waals surface area contributed by atoms with Crippen LogP contribution in [0.5, 0.6) is 5.75 Å². The number of benzene rings is 1. The van der Waals surface area contributed by atoms with Gasteiger partial charge in [-0.2, -0.15) is 4.99 Å². The van der Waals surface area contributed by atoms with Gasteiger partial charge in [-0.3, -0.25) is 20.0 Å². The highest BCUT2D eigenvalue weighted by Crippen LogP contribution is 2.36. The van der Waals surface area contributed by atoms with E-state index in [0.29, 0.717) is 24.6 Å². The summed E-state index contributed by atoms with van der Waals surface area (Å²) in [5.74, 6) is 5.20. The SMILES string of the molecule is COc1cnc(C(F)F)cc1-c1cc(CN2CCOCC2=O)ccc1C(=O)N=C(N)SC(=N)C#CC1CC1. The minimum absolute atomic E-state index is 0.0228. The average molecular weight is 542 g/mol. The fourth-order valence-electron chi connectivity index (χ4n) is 3.70. The van der Waals surface area contributed by atoms with E-state index >= 15 is 0 Å². The van der Waals surface area contributed by atoms with Gasteiger partial charge in [0, 0.05) is 30.1 Å². The first kappa shape index (κ1) is 27.2. The first-order valence-electron chi connectivity index (χ1n) is 11.7. The average Bonchev–Trinajstić information content (AvgIpc) is 3.73. The Balaban J connectivity index is 1.70. The van der Waals surface area contributed by atoms with Gasteiger partial charge < -0.3 is 20.1 Å². The lowest BCUT2D eigenvalue weighted by Gasteiger charge is -2.27. The van der Waals surface area contributed by atoms with E-state index in [-0.39, 0.29) is 51.7 Å². The fourth-order valence-corrected chi connectivity index (χ4v) is 4.14. The number of rotatable bonds is 6. The van der Waals surface area contributed by atoms with Crippen LogP contribution in [0.15, 0.2) is 35.5 Å². The van der Waals surface area contributed by atoms with Crippen LogP contribution in [0.3, 0.4) is 0 Å². The first-order chi connectivity index (χ1) is 18.2. The number of methoxy groups -OCH3 is 1. The molecule has 2 fully saturated rings. The van der Waals surface area contributed by atoms with Crippen molar-refractivity contribution in [3.8, 4) is 28.7 Å². The molecule has 2 heterocycles. The van der Waals surface area contributed by atoms with Crippen molar-refractivity contribution in [2.75, 3.05) is 26.9 Å². The summed E-state index contributed by atoms with van der Waals surface area (Å²) in [7, 11) is 1.36. The molecule has 1 saturated carbocycles. The standard InChI is InChI=1S/C26H25F2N5O4S/c1-36-21-12-31-20(24(27)28)11-19(21)18-10-16(13-33-8-9-37-14-23(33)34)4-6-17(18)25(35)32-26(30)38-22(29)7-5-15-2-3-15/h4,6,10-12,15,24,29H,2-3,8-9,13-14H2,1H3,(H2,30,32,35). The van der Waals surface area contributed by atoms with Crippen molar-refractivity contribution < 1.29 is 27.8 Å². The maximum atomic E-state index is 13.5. The highest BCUT2D eigenvalue weighted by Gasteiger charge is 2.23. The topological polar surface area (TPSA) is 131 Å². The zero-order valence-corrected chi connectivity index (χ0v) is 21.3. The molecule has 0 unspecified atom stereocenters. The van der Waals surface area contributed by atoms with Gasteiger partial charge in [-0.25, -0.2) is 8.78 Å². The fraction of sp³-hybridized carbons (Fsp3) is 0.346. The number of alkyl halides is 2. The molecular formula is C26H25F2N5O4S. The summed E-state index contributed by atoms with van der Waals surface area (Å²) < 4.78 is 37.5. The van der Waals surface area contributed by atoms with Crippen molar-refractivity contribution in [1.29, 1.82) is 5.41 Å². The second-order valence-electron chi connectivity index (χ2n) is 8.59. The molecule has 2 aromatic rings. The first-order valence-corrected chi connectivity index (χ1v) is 12.5. The number of amidine groups is 1. The number of nitrogens with two attached hydrogens (primary N) is 1. The third-order valence-corrected chi connectivity index (χ3v) is 6.39. The Morgan fingerprint density at radius 1 is 1.37 bits per heavy atom. The second kappa shape index (κ2) is 12.1. The summed E-state index contributed by atoms with van der Waals surface area (Å²) in [5.41, 5.74) is 6.62. The summed E-state index contributed by atoms with van der Waals surface area (Å²) in [5, 5.41) is 7.73. The van der Waals surface area contributed by atoms with Gasteiger partial charge >= 0.3 is 0 Å². The Hall–Kier alpha value is -3.82. The number of ether oxygens (including phenoxy) is 2. The van der Waals surface area contributed by atoms with Gasteiger partial charge in [0.25, 0.3) is 12.3 Å². The third-order valence-electron chi connectivity index (χ3n) is 5.78. The molecule has 0 bridgehead atoms. The van der Waals surface area contributed by atoms with Crippen LogP contribution in [0.4, 0.5) is 8.78 Å². The van der Waals surface area contributed by atoms with E-state index in [2.05, 4.69) is 21.8 Å². The predicted octanol–water partition coefficient (Wildman–Crippen LogP) is 3.63. The van der Waals surface area contributed by atoms with E-state index in [4.69, 9.17) is 20.6 Å². The van der Waals surface area contributed by atoms with E-state index in [1.807, 2.05) is 0 Å². The van der Waals surface area contributed by atoms with Crippen molar-refractivity contribution in [1.82, 2.24) is 9.88 Å². The molecule has 0 spiro atoms. The minimum Gasteiger partial charge on any atom is -0.494 e. The van der Waals surface area contributed by atoms with Crippen LogP contribution in [0.2, 0.25) is 0 Å². The number of nitrogens with one attached hydrogen (secondary N) is 1. The largest absolute Gasteiger partial charge is 0.494 e. The number of morpholine rings is 1. The number of pyridine rings is 1. The van der Waals surface area contributed by atoms with Crippen LogP contribution in [0.1, 0.15) is 40.9 Å². The van der Waals surface area contributed by atoms with Gasteiger partial charge in [-0.05, 0) is 59.8 Å². The summed E-state index contributed by atoms with van der Waals surface area (Å²) in [6, 6.07) is 5.94. The molecule has 38 heavy (non-hydrogen) atoms. The van der Waals surface area contributed by atoms with E-state index in [1.54, 1.807) is 17.0 Å². The molecule has 2 amide bonds. The molecule has 1 saturated heterocycles. The van der Waals surface area contributed by atoms with Crippen molar-refractivity contribution in [2.45, 2.75) is 25.8 Å². The van der Waals surface area contributed by atoms with Crippen LogP contribution >= 0.6 is 11.8 Å². The van der Waals surface area contributed by atoms with Crippen LogP contribution in [0.25, 0.3) is 11.1 Å². The molecule has 198 valence electrons. The van der Waals surface area contributed by atoms with Crippen LogP contribution in [-0.4, -0.2) is 58.8 Å². The summed E-state index contributed by atoms with van der Waals surface area (Å²) in [4.78, 5) is 34.7. The molecule has 1 aromatic carbocycles. The number of carbonyl (C=O) groups is 2. The smallest absolute Gasteiger partial charge is 0.280 e. The van der Waals surface area contributed by atoms with Crippen LogP contribution < -0.4 is 10.5 Å². The Morgan fingerprint density at radius 3 is 2.84 bits per heavy atom. The maximum absolute atomic E-state index is 13.5. The van der Waals surface area contributed by atoms with E-state index in [1.165, 1.54) is 13.2 Å². The van der Waals surface area contributed by atoms with Gasteiger partial charge in [-0.1, -0.05) is 12.0 Å². The number of hydrogen-bond donors (Lipinski definition) is 2. The number of amides is 2. The van der Waals surface area contributed by atoms with Crippen LogP contribution in [0, 0.1) is 23.2 Å². The van der Waals surface area contributed by atoms with E-state index in [0.717, 1.165) is 36.9 Å². The molecule has 3 N–H and O–H groups in total. The predicted molar refractivity (Wildman–Crippen MR) is 139 cm³/mol. The zero-order chi connectivity index (χ0) is 27.2. The molecule has 4 rings (SSSR count). The Bertz CT molecular complexity index is 1350. The molecule has 0 atom stereocenters. The van der Waals surface area contributed by atoms with Gasteiger partial charge in [0.2, 0.25) is 5.91 Å². The van der Waals surface area contributed by atoms with Crippen molar-refractivity contribution >= 4 is 33.8 Å². The number of hydrogen-bond acceptors (Lipinski definition) is 7. The number of thioether (sulfide) groups is 1. The zero-order valence-electron chi connectivity index (χ0n) is 20.5. The van der Waals surface area contributed by atoms with Gasteiger partial charge in [0.05, 0.1) is 19.9 Å². The highest BCUT2D eigenvalue weighted by molar-refractivity contribution is 8.26. The van der Waals surface area contributed by atoms with E-state index in [9.17, 15) is 18.4 Å². The quantitative estimate of drug-likeness (QED) is 0.324. The lowest BCUT2D eigenvalue weighted by molar-refractivity contribution is -0.143. The maximum Gasteiger partial charge on any atom is 0.280 e. The molecule has 9 nitrogen and oxygen atoms in total. The van der Waals surface area contributed by atoms with Gasteiger partial charge in [0.1, 0.15) is 23.1 Å².